The van der Waals surface area contributed by atoms with E-state index in [1.54, 1.807) is 35.2 Å². The van der Waals surface area contributed by atoms with Gasteiger partial charge in [-0.05, 0) is 39.3 Å². The van der Waals surface area contributed by atoms with Crippen LogP contribution in [0.25, 0.3) is 5.57 Å². The van der Waals surface area contributed by atoms with Crippen molar-refractivity contribution in [1.29, 1.82) is 0 Å². The Kier molecular flexibility index (Phi) is 6.19. The van der Waals surface area contributed by atoms with Crippen molar-refractivity contribution < 1.29 is 18.0 Å². The summed E-state index contributed by atoms with van der Waals surface area (Å²) >= 11 is 0. The monoisotopic (exact) mass is 325 g/mol. The van der Waals surface area contributed by atoms with Crippen LogP contribution in [0.2, 0.25) is 0 Å². The molecule has 2 nitrogen and oxygen atoms in total. The van der Waals surface area contributed by atoms with Gasteiger partial charge in [0.15, 0.2) is 0 Å². The minimum atomic E-state index is -4.57. The summed E-state index contributed by atoms with van der Waals surface area (Å²) in [6.07, 6.45) is -3.74. The molecule has 0 aliphatic rings. The van der Waals surface area contributed by atoms with Gasteiger partial charge in [-0.3, -0.25) is 4.79 Å². The van der Waals surface area contributed by atoms with E-state index in [9.17, 15) is 18.0 Å². The summed E-state index contributed by atoms with van der Waals surface area (Å²) in [6, 6.07) is 8.08. The van der Waals surface area contributed by atoms with Gasteiger partial charge in [-0.15, -0.1) is 0 Å². The van der Waals surface area contributed by atoms with Crippen LogP contribution in [0.1, 0.15) is 33.3 Å². The van der Waals surface area contributed by atoms with E-state index in [0.29, 0.717) is 5.56 Å². The first-order valence-electron chi connectivity index (χ1n) is 7.41. The highest BCUT2D eigenvalue weighted by atomic mass is 19.4. The Morgan fingerprint density at radius 3 is 1.96 bits per heavy atom. The molecule has 23 heavy (non-hydrogen) atoms. The molecule has 0 aliphatic heterocycles. The molecule has 1 aromatic rings. The predicted octanol–water partition coefficient (Wildman–Crippen LogP) is 4.83. The smallest absolute Gasteiger partial charge is 0.334 e. The van der Waals surface area contributed by atoms with Gasteiger partial charge in [-0.2, -0.15) is 13.2 Å². The standard InChI is InChI=1S/C18H22F3NO/c1-12(2)22(13(3)4)17(23)16(11-14(5)18(19,20)21)15-9-7-6-8-10-15/h6-13H,5H2,1-4H3/b16-11+. The van der Waals surface area contributed by atoms with Crippen LogP contribution in [-0.4, -0.2) is 29.1 Å². The summed E-state index contributed by atoms with van der Waals surface area (Å²) in [5, 5.41) is 0. The SMILES string of the molecule is C=C(/C=C(/C(=O)N(C(C)C)C(C)C)c1ccccc1)C(F)(F)F. The number of halogens is 3. The number of nitrogens with zero attached hydrogens (tertiary/aromatic N) is 1. The number of allylic oxidation sites excluding steroid dienone is 2. The van der Waals surface area contributed by atoms with E-state index in [0.717, 1.165) is 6.08 Å². The molecule has 0 fully saturated rings. The second-order valence-corrected chi connectivity index (χ2v) is 5.85. The number of hydrogen-bond acceptors (Lipinski definition) is 1. The lowest BCUT2D eigenvalue weighted by Crippen LogP contribution is -2.42. The number of amides is 1. The lowest BCUT2D eigenvalue weighted by Gasteiger charge is -2.32. The molecule has 0 radical (unpaired) electrons. The van der Waals surface area contributed by atoms with Crippen LogP contribution in [0, 0.1) is 0 Å². The average molecular weight is 325 g/mol. The molecule has 0 aliphatic carbocycles. The quantitative estimate of drug-likeness (QED) is 0.561. The van der Waals surface area contributed by atoms with Crippen molar-refractivity contribution in [2.45, 2.75) is 46.0 Å². The maximum Gasteiger partial charge on any atom is 0.415 e. The second-order valence-electron chi connectivity index (χ2n) is 5.85. The second kappa shape index (κ2) is 7.49. The summed E-state index contributed by atoms with van der Waals surface area (Å²) in [4.78, 5) is 14.4. The minimum absolute atomic E-state index is 0.00433. The molecule has 0 spiro atoms. The third-order valence-corrected chi connectivity index (χ3v) is 3.35. The van der Waals surface area contributed by atoms with E-state index < -0.39 is 17.7 Å². The Bertz CT molecular complexity index is 578. The zero-order valence-electron chi connectivity index (χ0n) is 13.8. The summed E-state index contributed by atoms with van der Waals surface area (Å²) in [7, 11) is 0. The Balaban J connectivity index is 3.39. The Morgan fingerprint density at radius 1 is 1.09 bits per heavy atom. The summed E-state index contributed by atoms with van der Waals surface area (Å²) in [5.41, 5.74) is -0.610. The highest BCUT2D eigenvalue weighted by molar-refractivity contribution is 6.20. The minimum Gasteiger partial charge on any atom is -0.334 e. The van der Waals surface area contributed by atoms with Crippen LogP contribution >= 0.6 is 0 Å². The van der Waals surface area contributed by atoms with Gasteiger partial charge in [-0.25, -0.2) is 0 Å². The molecule has 126 valence electrons. The molecule has 5 heteroatoms. The third kappa shape index (κ3) is 4.98. The topological polar surface area (TPSA) is 20.3 Å². The first kappa shape index (κ1) is 19.0. The Labute approximate surface area is 135 Å². The summed E-state index contributed by atoms with van der Waals surface area (Å²) < 4.78 is 38.5. The fourth-order valence-electron chi connectivity index (χ4n) is 2.35. The van der Waals surface area contributed by atoms with E-state index in [-0.39, 0.29) is 17.7 Å². The van der Waals surface area contributed by atoms with E-state index in [1.807, 2.05) is 27.7 Å². The Hall–Kier alpha value is -2.04. The van der Waals surface area contributed by atoms with E-state index >= 15 is 0 Å². The van der Waals surface area contributed by atoms with Gasteiger partial charge in [0, 0.05) is 23.2 Å². The number of alkyl halides is 3. The molecule has 1 aromatic carbocycles. The van der Waals surface area contributed by atoms with Crippen LogP contribution in [0.3, 0.4) is 0 Å². The average Bonchev–Trinajstić information content (AvgIpc) is 2.43. The zero-order valence-corrected chi connectivity index (χ0v) is 13.8. The molecule has 0 aromatic heterocycles. The molecule has 0 saturated heterocycles. The van der Waals surface area contributed by atoms with E-state index in [1.165, 1.54) is 0 Å². The molecule has 1 amide bonds. The van der Waals surface area contributed by atoms with Crippen molar-refractivity contribution >= 4 is 11.5 Å². The molecule has 0 saturated carbocycles. The molecule has 1 rings (SSSR count). The highest BCUT2D eigenvalue weighted by Crippen LogP contribution is 2.29. The van der Waals surface area contributed by atoms with Gasteiger partial charge < -0.3 is 4.90 Å². The highest BCUT2D eigenvalue weighted by Gasteiger charge is 2.32. The van der Waals surface area contributed by atoms with Gasteiger partial charge in [-0.1, -0.05) is 36.9 Å². The van der Waals surface area contributed by atoms with Crippen LogP contribution in [0.15, 0.2) is 48.6 Å². The number of carbonyl (C=O) groups excluding carboxylic acids is 1. The number of hydrogen-bond donors (Lipinski definition) is 0. The normalized spacial score (nSPS) is 12.7. The van der Waals surface area contributed by atoms with Gasteiger partial charge in [0.1, 0.15) is 0 Å². The van der Waals surface area contributed by atoms with Crippen molar-refractivity contribution in [1.82, 2.24) is 4.90 Å². The van der Waals surface area contributed by atoms with Crippen molar-refractivity contribution in [3.8, 4) is 0 Å². The van der Waals surface area contributed by atoms with Crippen LogP contribution in [0.5, 0.6) is 0 Å². The van der Waals surface area contributed by atoms with Gasteiger partial charge in [0.05, 0.1) is 0 Å². The van der Waals surface area contributed by atoms with E-state index in [2.05, 4.69) is 6.58 Å². The fraction of sp³-hybridized carbons (Fsp3) is 0.389. The lowest BCUT2D eigenvalue weighted by molar-refractivity contribution is -0.128. The largest absolute Gasteiger partial charge is 0.415 e. The fourth-order valence-corrected chi connectivity index (χ4v) is 2.35. The van der Waals surface area contributed by atoms with Crippen molar-refractivity contribution in [2.75, 3.05) is 0 Å². The van der Waals surface area contributed by atoms with Crippen molar-refractivity contribution in [2.24, 2.45) is 0 Å². The van der Waals surface area contributed by atoms with Crippen LogP contribution in [0.4, 0.5) is 13.2 Å². The number of benzene rings is 1. The maximum atomic E-state index is 12.8. The van der Waals surface area contributed by atoms with Crippen molar-refractivity contribution in [3.63, 3.8) is 0 Å². The first-order chi connectivity index (χ1) is 10.6. The zero-order chi connectivity index (χ0) is 17.8. The van der Waals surface area contributed by atoms with Gasteiger partial charge in [0.2, 0.25) is 0 Å². The van der Waals surface area contributed by atoms with Crippen LogP contribution < -0.4 is 0 Å². The summed E-state index contributed by atoms with van der Waals surface area (Å²) in [6.45, 7) is 10.4. The number of rotatable bonds is 5. The Morgan fingerprint density at radius 2 is 1.57 bits per heavy atom. The molecule has 0 unspecified atom stereocenters. The van der Waals surface area contributed by atoms with Gasteiger partial charge >= 0.3 is 6.18 Å². The molecule has 0 atom stereocenters. The molecular formula is C18H22F3NO. The lowest BCUT2D eigenvalue weighted by atomic mass is 10.0. The molecule has 0 heterocycles. The first-order valence-corrected chi connectivity index (χ1v) is 7.41. The van der Waals surface area contributed by atoms with Crippen molar-refractivity contribution in [3.05, 3.63) is 54.1 Å². The van der Waals surface area contributed by atoms with Crippen LogP contribution in [-0.2, 0) is 4.79 Å². The maximum absolute atomic E-state index is 12.8. The molecule has 0 N–H and O–H groups in total. The molecular weight excluding hydrogens is 303 g/mol. The third-order valence-electron chi connectivity index (χ3n) is 3.35. The predicted molar refractivity (Wildman–Crippen MR) is 86.7 cm³/mol. The van der Waals surface area contributed by atoms with E-state index in [4.69, 9.17) is 0 Å². The number of carbonyl (C=O) groups is 1. The molecule has 0 bridgehead atoms. The summed E-state index contributed by atoms with van der Waals surface area (Å²) in [5.74, 6) is -0.438. The van der Waals surface area contributed by atoms with Gasteiger partial charge in [0.25, 0.3) is 5.91 Å².